The van der Waals surface area contributed by atoms with Crippen LogP contribution < -0.4 is 14.8 Å². The lowest BCUT2D eigenvalue weighted by molar-refractivity contribution is -0.127. The highest BCUT2D eigenvalue weighted by molar-refractivity contribution is 5.78. The first-order chi connectivity index (χ1) is 13.7. The number of rotatable bonds is 5. The van der Waals surface area contributed by atoms with Gasteiger partial charge < -0.3 is 14.8 Å². The van der Waals surface area contributed by atoms with E-state index in [1.54, 1.807) is 0 Å². The first-order valence-corrected chi connectivity index (χ1v) is 10.1. The molecule has 1 N–H and O–H groups in total. The highest BCUT2D eigenvalue weighted by Gasteiger charge is 2.27. The summed E-state index contributed by atoms with van der Waals surface area (Å²) in [5.74, 6) is 1.74. The van der Waals surface area contributed by atoms with Gasteiger partial charge in [-0.25, -0.2) is 0 Å². The Morgan fingerprint density at radius 3 is 2.57 bits per heavy atom. The number of piperidine rings is 1. The van der Waals surface area contributed by atoms with E-state index in [-0.39, 0.29) is 17.9 Å². The molecule has 2 aliphatic rings. The van der Waals surface area contributed by atoms with E-state index < -0.39 is 0 Å². The molecule has 4 rings (SSSR count). The van der Waals surface area contributed by atoms with Crippen LogP contribution in [0.1, 0.15) is 24.0 Å². The second-order valence-electron chi connectivity index (χ2n) is 7.72. The summed E-state index contributed by atoms with van der Waals surface area (Å²) in [5.41, 5.74) is 2.71. The van der Waals surface area contributed by atoms with E-state index in [4.69, 9.17) is 9.47 Å². The molecular formula is C23H28N2O3. The number of carbonyl (C=O) groups excluding carboxylic acids is 1. The summed E-state index contributed by atoms with van der Waals surface area (Å²) in [6.07, 6.45) is 1.67. The predicted octanol–water partition coefficient (Wildman–Crippen LogP) is 3.16. The Kier molecular flexibility index (Phi) is 5.81. The molecule has 148 valence electrons. The van der Waals surface area contributed by atoms with Gasteiger partial charge in [-0.2, -0.15) is 0 Å². The minimum atomic E-state index is -0.139. The van der Waals surface area contributed by atoms with Gasteiger partial charge in [-0.15, -0.1) is 0 Å². The van der Waals surface area contributed by atoms with Crippen LogP contribution in [0.4, 0.5) is 0 Å². The topological polar surface area (TPSA) is 50.8 Å². The number of nitrogens with one attached hydrogen (secondary N) is 1. The second-order valence-corrected chi connectivity index (χ2v) is 7.72. The minimum absolute atomic E-state index is 0.0879. The Hall–Kier alpha value is -2.53. The molecule has 0 spiro atoms. The Morgan fingerprint density at radius 2 is 1.79 bits per heavy atom. The van der Waals surface area contributed by atoms with Gasteiger partial charge in [-0.05, 0) is 56.1 Å². The normalized spacial score (nSPS) is 20.0. The van der Waals surface area contributed by atoms with Crippen LogP contribution in [0.25, 0.3) is 0 Å². The number of hydrogen-bond acceptors (Lipinski definition) is 4. The first kappa shape index (κ1) is 18.8. The van der Waals surface area contributed by atoms with Gasteiger partial charge in [-0.1, -0.05) is 36.4 Å². The predicted molar refractivity (Wildman–Crippen MR) is 109 cm³/mol. The van der Waals surface area contributed by atoms with E-state index in [9.17, 15) is 4.79 Å². The fourth-order valence-corrected chi connectivity index (χ4v) is 3.90. The van der Waals surface area contributed by atoms with E-state index in [1.165, 1.54) is 11.1 Å². The van der Waals surface area contributed by atoms with E-state index in [1.807, 2.05) is 24.3 Å². The molecular weight excluding hydrogens is 352 g/mol. The molecule has 1 fully saturated rings. The zero-order valence-electron chi connectivity index (χ0n) is 16.4. The van der Waals surface area contributed by atoms with Gasteiger partial charge in [0.1, 0.15) is 12.7 Å². The number of amides is 1. The summed E-state index contributed by atoms with van der Waals surface area (Å²) >= 11 is 0. The van der Waals surface area contributed by atoms with Gasteiger partial charge in [0.2, 0.25) is 5.91 Å². The van der Waals surface area contributed by atoms with Crippen LogP contribution in [0.15, 0.2) is 48.5 Å². The minimum Gasteiger partial charge on any atom is -0.486 e. The van der Waals surface area contributed by atoms with Crippen molar-refractivity contribution in [3.8, 4) is 11.5 Å². The van der Waals surface area contributed by atoms with Gasteiger partial charge in [0.05, 0.1) is 6.54 Å². The zero-order chi connectivity index (χ0) is 19.3. The summed E-state index contributed by atoms with van der Waals surface area (Å²) in [6, 6.07) is 16.2. The average molecular weight is 380 g/mol. The molecule has 0 unspecified atom stereocenters. The van der Waals surface area contributed by atoms with Crippen molar-refractivity contribution in [3.05, 3.63) is 59.7 Å². The number of benzene rings is 2. The molecule has 0 saturated carbocycles. The molecule has 1 atom stereocenters. The van der Waals surface area contributed by atoms with Crippen molar-refractivity contribution in [2.24, 2.45) is 5.92 Å². The molecule has 2 aromatic carbocycles. The molecule has 0 aromatic heterocycles. The standard InChI is InChI=1S/C23H28N2O3/c1-17-6-2-3-7-19(17)15-25-12-10-18(11-13-25)23(26)24-14-20-16-27-21-8-4-5-9-22(21)28-20/h2-9,18,20H,10-16H2,1H3,(H,24,26)/t20-/m1/s1. The molecule has 5 heteroatoms. The third-order valence-electron chi connectivity index (χ3n) is 5.69. The lowest BCUT2D eigenvalue weighted by atomic mass is 9.95. The zero-order valence-corrected chi connectivity index (χ0v) is 16.4. The molecule has 28 heavy (non-hydrogen) atoms. The number of hydrogen-bond donors (Lipinski definition) is 1. The summed E-state index contributed by atoms with van der Waals surface area (Å²) in [5, 5.41) is 3.06. The molecule has 2 heterocycles. The van der Waals surface area contributed by atoms with Crippen LogP contribution in [0.2, 0.25) is 0 Å². The molecule has 5 nitrogen and oxygen atoms in total. The van der Waals surface area contributed by atoms with Crippen molar-refractivity contribution in [1.29, 1.82) is 0 Å². The Morgan fingerprint density at radius 1 is 1.07 bits per heavy atom. The lowest BCUT2D eigenvalue weighted by Crippen LogP contribution is -2.45. The lowest BCUT2D eigenvalue weighted by Gasteiger charge is -2.32. The van der Waals surface area contributed by atoms with Crippen molar-refractivity contribution >= 4 is 5.91 Å². The third-order valence-corrected chi connectivity index (χ3v) is 5.69. The van der Waals surface area contributed by atoms with Crippen molar-refractivity contribution in [3.63, 3.8) is 0 Å². The summed E-state index contributed by atoms with van der Waals surface area (Å²) < 4.78 is 11.6. The Balaban J connectivity index is 1.21. The van der Waals surface area contributed by atoms with E-state index in [0.717, 1.165) is 44.0 Å². The highest BCUT2D eigenvalue weighted by atomic mass is 16.6. The van der Waals surface area contributed by atoms with Crippen LogP contribution in [0.5, 0.6) is 11.5 Å². The van der Waals surface area contributed by atoms with Crippen molar-refractivity contribution in [2.45, 2.75) is 32.4 Å². The Labute approximate surface area is 166 Å². The first-order valence-electron chi connectivity index (χ1n) is 10.1. The number of fused-ring (bicyclic) bond motifs is 1. The molecule has 0 bridgehead atoms. The molecule has 1 saturated heterocycles. The number of aryl methyl sites for hydroxylation is 1. The quantitative estimate of drug-likeness (QED) is 0.866. The number of nitrogens with zero attached hydrogens (tertiary/aromatic N) is 1. The summed E-state index contributed by atoms with van der Waals surface area (Å²) in [6.45, 7) is 5.99. The smallest absolute Gasteiger partial charge is 0.223 e. The van der Waals surface area contributed by atoms with Crippen molar-refractivity contribution in [1.82, 2.24) is 10.2 Å². The van der Waals surface area contributed by atoms with Gasteiger partial charge >= 0.3 is 0 Å². The van der Waals surface area contributed by atoms with E-state index in [2.05, 4.69) is 41.4 Å². The molecule has 0 radical (unpaired) electrons. The van der Waals surface area contributed by atoms with Crippen molar-refractivity contribution in [2.75, 3.05) is 26.2 Å². The maximum Gasteiger partial charge on any atom is 0.223 e. The average Bonchev–Trinajstić information content (AvgIpc) is 2.74. The maximum absolute atomic E-state index is 12.6. The SMILES string of the molecule is Cc1ccccc1CN1CCC(C(=O)NC[C@@H]2COc3ccccc3O2)CC1. The molecule has 0 aliphatic carbocycles. The molecule has 2 aromatic rings. The van der Waals surface area contributed by atoms with Gasteiger partial charge in [0.25, 0.3) is 0 Å². The fraction of sp³-hybridized carbons (Fsp3) is 0.435. The largest absolute Gasteiger partial charge is 0.486 e. The van der Waals surface area contributed by atoms with Gasteiger partial charge in [0, 0.05) is 12.5 Å². The molecule has 1 amide bonds. The number of para-hydroxylation sites is 2. The maximum atomic E-state index is 12.6. The van der Waals surface area contributed by atoms with Crippen LogP contribution in [-0.4, -0.2) is 43.2 Å². The van der Waals surface area contributed by atoms with Crippen LogP contribution in [-0.2, 0) is 11.3 Å². The summed E-state index contributed by atoms with van der Waals surface area (Å²) in [4.78, 5) is 15.0. The number of ether oxygens (including phenoxy) is 2. The fourth-order valence-electron chi connectivity index (χ4n) is 3.90. The van der Waals surface area contributed by atoms with E-state index in [0.29, 0.717) is 13.2 Å². The molecule has 2 aliphatic heterocycles. The number of carbonyl (C=O) groups is 1. The second kappa shape index (κ2) is 8.65. The van der Waals surface area contributed by atoms with E-state index >= 15 is 0 Å². The third kappa shape index (κ3) is 4.47. The van der Waals surface area contributed by atoms with Crippen LogP contribution in [0, 0.1) is 12.8 Å². The van der Waals surface area contributed by atoms with Crippen LogP contribution >= 0.6 is 0 Å². The highest BCUT2D eigenvalue weighted by Crippen LogP contribution is 2.30. The van der Waals surface area contributed by atoms with Gasteiger partial charge in [-0.3, -0.25) is 9.69 Å². The monoisotopic (exact) mass is 380 g/mol. The van der Waals surface area contributed by atoms with Crippen LogP contribution in [0.3, 0.4) is 0 Å². The van der Waals surface area contributed by atoms with Crippen molar-refractivity contribution < 1.29 is 14.3 Å². The Bertz CT molecular complexity index is 815. The summed E-state index contributed by atoms with van der Waals surface area (Å²) in [7, 11) is 0. The number of likely N-dealkylation sites (tertiary alicyclic amines) is 1. The van der Waals surface area contributed by atoms with Gasteiger partial charge in [0.15, 0.2) is 11.5 Å².